The molecule has 0 spiro atoms. The molecule has 0 nitrogen and oxygen atoms in total. The molecule has 1 aliphatic rings. The average molecular weight is 521 g/mol. The van der Waals surface area contributed by atoms with Gasteiger partial charge in [0.15, 0.2) is 0 Å². The molecule has 3 aromatic rings. The van der Waals surface area contributed by atoms with E-state index in [9.17, 15) is 0 Å². The zero-order chi connectivity index (χ0) is 18.9. The third kappa shape index (κ3) is 7.44. The molecule has 0 N–H and O–H groups in total. The Morgan fingerprint density at radius 3 is 1.47 bits per heavy atom. The molecule has 0 saturated heterocycles. The summed E-state index contributed by atoms with van der Waals surface area (Å²) >= 11 is 0. The second-order valence-electron chi connectivity index (χ2n) is 9.25. The molecule has 3 aromatic carbocycles. The maximum absolute atomic E-state index is 2.99. The van der Waals surface area contributed by atoms with Crippen molar-refractivity contribution in [2.45, 2.75) is 66.2 Å². The molecule has 3 heteroatoms. The molecular weight excluding hydrogens is 486 g/mol. The molecule has 0 heterocycles. The van der Waals surface area contributed by atoms with E-state index < -0.39 is 0 Å². The fourth-order valence-corrected chi connectivity index (χ4v) is 3.30. The molecule has 1 aliphatic carbocycles. The summed E-state index contributed by atoms with van der Waals surface area (Å²) in [6, 6.07) is 16.2. The van der Waals surface area contributed by atoms with Crippen LogP contribution in [0.15, 0.2) is 60.7 Å². The van der Waals surface area contributed by atoms with Crippen molar-refractivity contribution < 1.29 is 51.0 Å². The molecule has 0 aliphatic heterocycles. The van der Waals surface area contributed by atoms with Crippen LogP contribution in [0, 0.1) is 6.08 Å². The summed E-state index contributed by atoms with van der Waals surface area (Å²) in [6.45, 7) is 13.6. The zero-order valence-electron chi connectivity index (χ0n) is 18.2. The second kappa shape index (κ2) is 12.3. The van der Waals surface area contributed by atoms with Crippen LogP contribution in [0.3, 0.4) is 0 Å². The van der Waals surface area contributed by atoms with E-state index in [-0.39, 0.29) is 69.3 Å². The van der Waals surface area contributed by atoms with Crippen molar-refractivity contribution in [3.8, 4) is 0 Å². The van der Waals surface area contributed by atoms with Gasteiger partial charge in [0.25, 0.3) is 0 Å². The molecule has 160 valence electrons. The van der Waals surface area contributed by atoms with Crippen molar-refractivity contribution in [2.24, 2.45) is 0 Å². The third-order valence-electron chi connectivity index (χ3n) is 5.02. The van der Waals surface area contributed by atoms with Gasteiger partial charge in [-0.2, -0.15) is 6.08 Å². The summed E-state index contributed by atoms with van der Waals surface area (Å²) in [4.78, 5) is 0. The number of halogens is 2. The van der Waals surface area contributed by atoms with E-state index in [0.717, 1.165) is 6.42 Å². The van der Waals surface area contributed by atoms with E-state index in [2.05, 4.69) is 96.2 Å². The van der Waals surface area contributed by atoms with Crippen LogP contribution < -0.4 is 24.8 Å². The van der Waals surface area contributed by atoms with E-state index in [0.29, 0.717) is 0 Å². The Labute approximate surface area is 215 Å². The number of benzene rings is 2. The van der Waals surface area contributed by atoms with Gasteiger partial charge in [0, 0.05) is 0 Å². The van der Waals surface area contributed by atoms with Crippen molar-refractivity contribution in [3.63, 3.8) is 0 Å². The Morgan fingerprint density at radius 1 is 0.767 bits per heavy atom. The maximum atomic E-state index is 2.99. The molecule has 0 radical (unpaired) electrons. The SMILES string of the molecule is C.CC(C)(C)c1ccc2c(c1)[cH-]c1cc(C(C)(C)C)ccc12.[C-]1=CC=CC1.[Cl-].[Cl-].[Zr+4]. The average Bonchev–Trinajstić information content (AvgIpc) is 3.23. The topological polar surface area (TPSA) is 0 Å². The maximum Gasteiger partial charge on any atom is 4.00 e. The predicted octanol–water partition coefficient (Wildman–Crippen LogP) is 2.25. The van der Waals surface area contributed by atoms with Crippen LogP contribution in [0.4, 0.5) is 0 Å². The Kier molecular flexibility index (Phi) is 12.9. The van der Waals surface area contributed by atoms with Crippen LogP contribution in [0.5, 0.6) is 0 Å². The first-order valence-corrected chi connectivity index (χ1v) is 9.52. The van der Waals surface area contributed by atoms with Crippen molar-refractivity contribution in [3.05, 3.63) is 77.9 Å². The number of hydrogen-bond donors (Lipinski definition) is 0. The number of hydrogen-bond acceptors (Lipinski definition) is 0. The van der Waals surface area contributed by atoms with E-state index in [1.807, 2.05) is 12.2 Å². The van der Waals surface area contributed by atoms with E-state index in [1.165, 1.54) is 32.7 Å². The van der Waals surface area contributed by atoms with Crippen LogP contribution in [0.25, 0.3) is 21.5 Å². The van der Waals surface area contributed by atoms with Crippen LogP contribution in [0.2, 0.25) is 0 Å². The van der Waals surface area contributed by atoms with Gasteiger partial charge in [-0.1, -0.05) is 84.4 Å². The quantitative estimate of drug-likeness (QED) is 0.399. The van der Waals surface area contributed by atoms with Gasteiger partial charge in [-0.05, 0) is 10.8 Å². The van der Waals surface area contributed by atoms with Crippen molar-refractivity contribution >= 4 is 21.5 Å². The molecule has 0 fully saturated rings. The summed E-state index contributed by atoms with van der Waals surface area (Å²) in [6.07, 6.45) is 10.0. The monoisotopic (exact) mass is 518 g/mol. The molecule has 0 unspecified atom stereocenters. The molecule has 0 atom stereocenters. The molecule has 0 saturated carbocycles. The Balaban J connectivity index is 0. The Hall–Kier alpha value is -0.747. The molecule has 4 rings (SSSR count). The van der Waals surface area contributed by atoms with Gasteiger partial charge < -0.3 is 24.8 Å². The zero-order valence-corrected chi connectivity index (χ0v) is 22.2. The molecule has 0 amide bonds. The van der Waals surface area contributed by atoms with E-state index in [1.54, 1.807) is 0 Å². The van der Waals surface area contributed by atoms with Crippen molar-refractivity contribution in [1.29, 1.82) is 0 Å². The van der Waals surface area contributed by atoms with Crippen LogP contribution in [-0.2, 0) is 37.0 Å². The summed E-state index contributed by atoms with van der Waals surface area (Å²) in [5, 5.41) is 5.48. The number of allylic oxidation sites excluding steroid dienone is 4. The van der Waals surface area contributed by atoms with Gasteiger partial charge in [0.05, 0.1) is 0 Å². The van der Waals surface area contributed by atoms with Crippen LogP contribution >= 0.6 is 0 Å². The normalized spacial score (nSPS) is 12.2. The van der Waals surface area contributed by atoms with Gasteiger partial charge in [-0.25, -0.2) is 12.2 Å². The first kappa shape index (κ1) is 31.4. The molecule has 0 bridgehead atoms. The van der Waals surface area contributed by atoms with Crippen molar-refractivity contribution in [2.75, 3.05) is 0 Å². The first-order valence-electron chi connectivity index (χ1n) is 9.52. The second-order valence-corrected chi connectivity index (χ2v) is 9.25. The van der Waals surface area contributed by atoms with Crippen LogP contribution in [-0.4, -0.2) is 0 Å². The summed E-state index contributed by atoms with van der Waals surface area (Å²) < 4.78 is 0. The van der Waals surface area contributed by atoms with Crippen LogP contribution in [0.1, 0.15) is 66.5 Å². The van der Waals surface area contributed by atoms with E-state index in [4.69, 9.17) is 0 Å². The fraction of sp³-hybridized carbons (Fsp3) is 0.370. The van der Waals surface area contributed by atoms with Gasteiger partial charge in [-0.3, -0.25) is 6.08 Å². The number of fused-ring (bicyclic) bond motifs is 3. The standard InChI is InChI=1S/C21H25.C5H5.CH4.2ClH.Zr/c1-20(2,3)16-7-9-18-14(12-16)11-15-13-17(21(4,5)6)8-10-19(15)18;1-2-4-5-3-1;;;;/h7-13H,1-6H3;1-3H,4H2;1H4;2*1H;/q2*-1;;;;+4/p-2. The smallest absolute Gasteiger partial charge is 1.00 e. The predicted molar refractivity (Wildman–Crippen MR) is 123 cm³/mol. The van der Waals surface area contributed by atoms with Gasteiger partial charge in [0.2, 0.25) is 0 Å². The minimum absolute atomic E-state index is 0. The van der Waals surface area contributed by atoms with Crippen molar-refractivity contribution in [1.82, 2.24) is 0 Å². The minimum atomic E-state index is 0. The Bertz CT molecular complexity index is 901. The third-order valence-corrected chi connectivity index (χ3v) is 5.02. The summed E-state index contributed by atoms with van der Waals surface area (Å²) in [7, 11) is 0. The Morgan fingerprint density at radius 2 is 1.20 bits per heavy atom. The van der Waals surface area contributed by atoms with Gasteiger partial charge >= 0.3 is 26.2 Å². The minimum Gasteiger partial charge on any atom is -1.00 e. The number of rotatable bonds is 0. The molecule has 0 aromatic heterocycles. The molecular formula is C27H34Cl2Zr. The molecule has 30 heavy (non-hydrogen) atoms. The van der Waals surface area contributed by atoms with E-state index >= 15 is 0 Å². The largest absolute Gasteiger partial charge is 4.00 e. The summed E-state index contributed by atoms with van der Waals surface area (Å²) in [5.74, 6) is 0. The fourth-order valence-electron chi connectivity index (χ4n) is 3.30. The first-order chi connectivity index (χ1) is 12.2. The van der Waals surface area contributed by atoms with Gasteiger partial charge in [0.1, 0.15) is 0 Å². The van der Waals surface area contributed by atoms with Gasteiger partial charge in [-0.15, -0.1) is 46.2 Å². The summed E-state index contributed by atoms with van der Waals surface area (Å²) in [5.41, 5.74) is 3.21.